The summed E-state index contributed by atoms with van der Waals surface area (Å²) in [6, 6.07) is 15.1. The number of carboxylic acids is 1. The van der Waals surface area contributed by atoms with E-state index < -0.39 is 29.6 Å². The van der Waals surface area contributed by atoms with Gasteiger partial charge in [0.25, 0.3) is 0 Å². The van der Waals surface area contributed by atoms with Crippen LogP contribution in [0.15, 0.2) is 48.5 Å². The van der Waals surface area contributed by atoms with Gasteiger partial charge in [0.2, 0.25) is 5.91 Å². The SMILES string of the molecule is CC(C)(C)OC[C@H](NC(=O)OCC1c2ccccc2-c2ccccc21)C(=O)NCCCC(=O)O. The molecule has 3 rings (SSSR count). The topological polar surface area (TPSA) is 114 Å². The van der Waals surface area contributed by atoms with Crippen molar-refractivity contribution in [2.75, 3.05) is 19.8 Å². The zero-order valence-corrected chi connectivity index (χ0v) is 19.8. The second kappa shape index (κ2) is 11.2. The number of amides is 2. The number of carbonyl (C=O) groups is 3. The van der Waals surface area contributed by atoms with Crippen LogP contribution in [0.4, 0.5) is 4.79 Å². The molecule has 0 spiro atoms. The third-order valence-corrected chi connectivity index (χ3v) is 5.50. The maximum Gasteiger partial charge on any atom is 0.407 e. The summed E-state index contributed by atoms with van der Waals surface area (Å²) >= 11 is 0. The van der Waals surface area contributed by atoms with Crippen molar-refractivity contribution in [2.45, 2.75) is 51.2 Å². The van der Waals surface area contributed by atoms with E-state index in [4.69, 9.17) is 14.6 Å². The van der Waals surface area contributed by atoms with E-state index in [0.29, 0.717) is 6.42 Å². The zero-order chi connectivity index (χ0) is 24.7. The van der Waals surface area contributed by atoms with Crippen molar-refractivity contribution in [1.82, 2.24) is 10.6 Å². The van der Waals surface area contributed by atoms with Gasteiger partial charge in [-0.2, -0.15) is 0 Å². The largest absolute Gasteiger partial charge is 0.481 e. The number of ether oxygens (including phenoxy) is 2. The molecule has 0 bridgehead atoms. The molecule has 0 saturated heterocycles. The van der Waals surface area contributed by atoms with E-state index in [2.05, 4.69) is 22.8 Å². The molecule has 0 heterocycles. The van der Waals surface area contributed by atoms with Crippen molar-refractivity contribution in [3.05, 3.63) is 59.7 Å². The van der Waals surface area contributed by atoms with E-state index in [-0.39, 0.29) is 32.1 Å². The number of carbonyl (C=O) groups excluding carboxylic acids is 2. The van der Waals surface area contributed by atoms with Gasteiger partial charge in [-0.05, 0) is 49.4 Å². The Bertz CT molecular complexity index is 984. The summed E-state index contributed by atoms with van der Waals surface area (Å²) in [7, 11) is 0. The number of benzene rings is 2. The molecule has 0 fully saturated rings. The zero-order valence-electron chi connectivity index (χ0n) is 19.8. The summed E-state index contributed by atoms with van der Waals surface area (Å²) < 4.78 is 11.2. The number of hydrogen-bond donors (Lipinski definition) is 3. The van der Waals surface area contributed by atoms with E-state index in [1.54, 1.807) is 0 Å². The van der Waals surface area contributed by atoms with Gasteiger partial charge < -0.3 is 25.2 Å². The van der Waals surface area contributed by atoms with Gasteiger partial charge in [0.05, 0.1) is 12.2 Å². The Hall–Kier alpha value is -3.39. The standard InChI is InChI=1S/C26H32N2O6/c1-26(2,3)34-16-22(24(31)27-14-8-13-23(29)30)28-25(32)33-15-21-19-11-6-4-9-17(19)18-10-5-7-12-20(18)21/h4-7,9-12,21-22H,8,13-16H2,1-3H3,(H,27,31)(H,28,32)(H,29,30)/t22-/m0/s1. The molecule has 34 heavy (non-hydrogen) atoms. The lowest BCUT2D eigenvalue weighted by atomic mass is 9.98. The van der Waals surface area contributed by atoms with Crippen LogP contribution >= 0.6 is 0 Å². The number of nitrogens with one attached hydrogen (secondary N) is 2. The molecule has 182 valence electrons. The monoisotopic (exact) mass is 468 g/mol. The van der Waals surface area contributed by atoms with Gasteiger partial charge in [0.1, 0.15) is 12.6 Å². The van der Waals surface area contributed by atoms with Crippen molar-refractivity contribution in [2.24, 2.45) is 0 Å². The van der Waals surface area contributed by atoms with Crippen molar-refractivity contribution in [1.29, 1.82) is 0 Å². The van der Waals surface area contributed by atoms with E-state index in [9.17, 15) is 14.4 Å². The Morgan fingerprint density at radius 3 is 2.15 bits per heavy atom. The van der Waals surface area contributed by atoms with Gasteiger partial charge in [-0.1, -0.05) is 48.5 Å². The third kappa shape index (κ3) is 6.81. The van der Waals surface area contributed by atoms with Crippen LogP contribution in [0.5, 0.6) is 0 Å². The molecule has 0 saturated carbocycles. The highest BCUT2D eigenvalue weighted by Gasteiger charge is 2.30. The normalized spacial score (nSPS) is 13.5. The Labute approximate surface area is 199 Å². The minimum Gasteiger partial charge on any atom is -0.481 e. The minimum atomic E-state index is -0.972. The van der Waals surface area contributed by atoms with Crippen molar-refractivity contribution < 1.29 is 29.0 Å². The maximum absolute atomic E-state index is 12.6. The molecule has 2 aromatic carbocycles. The number of fused-ring (bicyclic) bond motifs is 3. The van der Waals surface area contributed by atoms with E-state index in [1.807, 2.05) is 57.2 Å². The van der Waals surface area contributed by atoms with Gasteiger partial charge in [-0.3, -0.25) is 9.59 Å². The van der Waals surface area contributed by atoms with Crippen molar-refractivity contribution >= 4 is 18.0 Å². The summed E-state index contributed by atoms with van der Waals surface area (Å²) in [5.74, 6) is -1.48. The molecule has 0 radical (unpaired) electrons. The fraction of sp³-hybridized carbons (Fsp3) is 0.423. The summed E-state index contributed by atoms with van der Waals surface area (Å²) in [4.78, 5) is 35.9. The Morgan fingerprint density at radius 1 is 1.00 bits per heavy atom. The molecule has 1 atom stereocenters. The molecule has 0 aromatic heterocycles. The van der Waals surface area contributed by atoms with Crippen molar-refractivity contribution in [3.8, 4) is 11.1 Å². The average Bonchev–Trinajstić information content (AvgIpc) is 3.11. The Kier molecular flexibility index (Phi) is 8.28. The number of alkyl carbamates (subject to hydrolysis) is 1. The van der Waals surface area contributed by atoms with Crippen LogP contribution in [0.2, 0.25) is 0 Å². The van der Waals surface area contributed by atoms with Crippen LogP contribution in [0.3, 0.4) is 0 Å². The first-order valence-electron chi connectivity index (χ1n) is 11.4. The fourth-order valence-corrected chi connectivity index (χ4v) is 3.87. The van der Waals surface area contributed by atoms with Crippen LogP contribution < -0.4 is 10.6 Å². The van der Waals surface area contributed by atoms with Gasteiger partial charge in [0.15, 0.2) is 0 Å². The Balaban J connectivity index is 1.61. The fourth-order valence-electron chi connectivity index (χ4n) is 3.87. The number of rotatable bonds is 10. The number of hydrogen-bond acceptors (Lipinski definition) is 5. The smallest absolute Gasteiger partial charge is 0.407 e. The molecule has 8 nitrogen and oxygen atoms in total. The van der Waals surface area contributed by atoms with Crippen LogP contribution in [0.1, 0.15) is 50.7 Å². The van der Waals surface area contributed by atoms with E-state index in [1.165, 1.54) is 0 Å². The highest BCUT2D eigenvalue weighted by Crippen LogP contribution is 2.44. The molecule has 2 amide bonds. The number of carboxylic acid groups (broad SMARTS) is 1. The summed E-state index contributed by atoms with van der Waals surface area (Å²) in [5.41, 5.74) is 3.94. The first-order valence-corrected chi connectivity index (χ1v) is 11.4. The molecule has 2 aromatic rings. The van der Waals surface area contributed by atoms with Crippen LogP contribution in [-0.4, -0.2) is 54.5 Å². The van der Waals surface area contributed by atoms with E-state index in [0.717, 1.165) is 22.3 Å². The molecule has 0 aliphatic heterocycles. The lowest BCUT2D eigenvalue weighted by Gasteiger charge is -2.25. The highest BCUT2D eigenvalue weighted by atomic mass is 16.5. The second-order valence-corrected chi connectivity index (χ2v) is 9.23. The average molecular weight is 469 g/mol. The number of aliphatic carboxylic acids is 1. The minimum absolute atomic E-state index is 0.0432. The predicted molar refractivity (Wildman–Crippen MR) is 128 cm³/mol. The van der Waals surface area contributed by atoms with Crippen LogP contribution in [0, 0.1) is 0 Å². The molecule has 1 aliphatic carbocycles. The molecule has 8 heteroatoms. The Morgan fingerprint density at radius 2 is 1.59 bits per heavy atom. The van der Waals surface area contributed by atoms with Crippen LogP contribution in [0.25, 0.3) is 11.1 Å². The predicted octanol–water partition coefficient (Wildman–Crippen LogP) is 3.69. The summed E-state index contributed by atoms with van der Waals surface area (Å²) in [5, 5.41) is 14.0. The van der Waals surface area contributed by atoms with Crippen molar-refractivity contribution in [3.63, 3.8) is 0 Å². The second-order valence-electron chi connectivity index (χ2n) is 9.23. The lowest BCUT2D eigenvalue weighted by Crippen LogP contribution is -2.50. The molecule has 3 N–H and O–H groups in total. The lowest BCUT2D eigenvalue weighted by molar-refractivity contribution is -0.137. The molecular formula is C26H32N2O6. The summed E-state index contributed by atoms with van der Waals surface area (Å²) in [6.45, 7) is 5.82. The molecule has 1 aliphatic rings. The first-order chi connectivity index (χ1) is 16.2. The molecule has 0 unspecified atom stereocenters. The van der Waals surface area contributed by atoms with E-state index >= 15 is 0 Å². The van der Waals surface area contributed by atoms with Gasteiger partial charge in [0, 0.05) is 18.9 Å². The van der Waals surface area contributed by atoms with Gasteiger partial charge in [-0.25, -0.2) is 4.79 Å². The quantitative estimate of drug-likeness (QED) is 0.458. The van der Waals surface area contributed by atoms with Crippen LogP contribution in [-0.2, 0) is 19.1 Å². The highest BCUT2D eigenvalue weighted by molar-refractivity contribution is 5.86. The third-order valence-electron chi connectivity index (χ3n) is 5.50. The maximum atomic E-state index is 12.6. The summed E-state index contributed by atoms with van der Waals surface area (Å²) in [6.07, 6.45) is -0.479. The van der Waals surface area contributed by atoms with Gasteiger partial charge in [-0.15, -0.1) is 0 Å². The molecular weight excluding hydrogens is 436 g/mol. The van der Waals surface area contributed by atoms with Gasteiger partial charge >= 0.3 is 12.1 Å². The first kappa shape index (κ1) is 25.2.